The van der Waals surface area contributed by atoms with Gasteiger partial charge in [0.2, 0.25) is 0 Å². The van der Waals surface area contributed by atoms with Crippen LogP contribution in [0.25, 0.3) is 0 Å². The first kappa shape index (κ1) is 12.6. The third-order valence-electron chi connectivity index (χ3n) is 3.55. The van der Waals surface area contributed by atoms with E-state index in [1.54, 1.807) is 4.90 Å². The molecule has 6 nitrogen and oxygen atoms in total. The molecule has 2 aliphatic rings. The van der Waals surface area contributed by atoms with Crippen molar-refractivity contribution in [3.05, 3.63) is 0 Å². The fourth-order valence-corrected chi connectivity index (χ4v) is 2.48. The lowest BCUT2D eigenvalue weighted by molar-refractivity contribution is -0.0139. The van der Waals surface area contributed by atoms with Crippen molar-refractivity contribution in [2.75, 3.05) is 45.9 Å². The molecule has 2 aliphatic heterocycles. The first-order valence-electron chi connectivity index (χ1n) is 6.20. The number of morpholine rings is 1. The number of nitrogens with one attached hydrogen (secondary N) is 1. The molecule has 2 rings (SSSR count). The Morgan fingerprint density at radius 1 is 1.53 bits per heavy atom. The molecule has 0 aromatic carbocycles. The van der Waals surface area contributed by atoms with Crippen molar-refractivity contribution in [1.82, 2.24) is 15.1 Å². The number of carboxylic acid groups (broad SMARTS) is 1. The normalized spacial score (nSPS) is 31.5. The molecule has 0 spiro atoms. The smallest absolute Gasteiger partial charge is 0.407 e. The Balaban J connectivity index is 1.92. The largest absolute Gasteiger partial charge is 0.465 e. The minimum atomic E-state index is -0.808. The first-order valence-corrected chi connectivity index (χ1v) is 6.20. The molecule has 1 unspecified atom stereocenters. The van der Waals surface area contributed by atoms with Crippen LogP contribution in [0.4, 0.5) is 4.79 Å². The lowest BCUT2D eigenvalue weighted by Crippen LogP contribution is -2.59. The monoisotopic (exact) mass is 243 g/mol. The highest BCUT2D eigenvalue weighted by atomic mass is 16.5. The summed E-state index contributed by atoms with van der Waals surface area (Å²) >= 11 is 0. The maximum atomic E-state index is 11.1. The van der Waals surface area contributed by atoms with Crippen molar-refractivity contribution in [2.24, 2.45) is 0 Å². The van der Waals surface area contributed by atoms with Gasteiger partial charge in [-0.25, -0.2) is 4.79 Å². The highest BCUT2D eigenvalue weighted by Crippen LogP contribution is 2.11. The molecule has 0 aromatic heterocycles. The number of rotatable bonds is 2. The van der Waals surface area contributed by atoms with E-state index in [1.165, 1.54) is 0 Å². The Labute approximate surface area is 102 Å². The van der Waals surface area contributed by atoms with Crippen molar-refractivity contribution >= 4 is 6.09 Å². The lowest BCUT2D eigenvalue weighted by Gasteiger charge is -2.40. The van der Waals surface area contributed by atoms with Crippen LogP contribution in [0.5, 0.6) is 0 Å². The van der Waals surface area contributed by atoms with E-state index in [4.69, 9.17) is 9.84 Å². The number of amides is 1. The summed E-state index contributed by atoms with van der Waals surface area (Å²) in [5.41, 5.74) is 0. The van der Waals surface area contributed by atoms with Gasteiger partial charge in [-0.1, -0.05) is 0 Å². The van der Waals surface area contributed by atoms with Crippen LogP contribution in [-0.2, 0) is 4.74 Å². The van der Waals surface area contributed by atoms with Gasteiger partial charge in [0.15, 0.2) is 0 Å². The zero-order valence-corrected chi connectivity index (χ0v) is 10.3. The molecule has 0 saturated carbocycles. The Morgan fingerprint density at radius 2 is 2.35 bits per heavy atom. The number of ether oxygens (including phenoxy) is 1. The Bertz CT molecular complexity index is 275. The van der Waals surface area contributed by atoms with Crippen LogP contribution in [0.1, 0.15) is 6.92 Å². The van der Waals surface area contributed by atoms with E-state index in [0.29, 0.717) is 12.6 Å². The summed E-state index contributed by atoms with van der Waals surface area (Å²) in [4.78, 5) is 15.0. The second-order valence-electron chi connectivity index (χ2n) is 4.75. The Hall–Kier alpha value is -0.850. The van der Waals surface area contributed by atoms with Gasteiger partial charge in [-0.3, -0.25) is 4.90 Å². The molecule has 2 fully saturated rings. The van der Waals surface area contributed by atoms with Gasteiger partial charge in [0.1, 0.15) is 0 Å². The first-order chi connectivity index (χ1) is 8.18. The molecule has 2 saturated heterocycles. The second-order valence-corrected chi connectivity index (χ2v) is 4.75. The maximum absolute atomic E-state index is 11.1. The summed E-state index contributed by atoms with van der Waals surface area (Å²) < 4.78 is 5.39. The van der Waals surface area contributed by atoms with Crippen LogP contribution < -0.4 is 5.32 Å². The summed E-state index contributed by atoms with van der Waals surface area (Å²) in [6, 6.07) is 0.433. The van der Waals surface area contributed by atoms with E-state index in [-0.39, 0.29) is 6.04 Å². The van der Waals surface area contributed by atoms with E-state index in [1.807, 2.05) is 0 Å². The quantitative estimate of drug-likeness (QED) is 0.694. The standard InChI is InChI=1S/C11H21N3O3/c1-9-8-17-5-4-13(9)7-10-6-12-2-3-14(10)11(15)16/h9-10,12H,2-8H2,1H3,(H,15,16)/t9-,10?/m1/s1. The van der Waals surface area contributed by atoms with Gasteiger partial charge >= 0.3 is 6.09 Å². The van der Waals surface area contributed by atoms with E-state index in [0.717, 1.165) is 39.4 Å². The number of hydrogen-bond donors (Lipinski definition) is 2. The van der Waals surface area contributed by atoms with Gasteiger partial charge in [-0.05, 0) is 6.92 Å². The van der Waals surface area contributed by atoms with E-state index in [2.05, 4.69) is 17.1 Å². The van der Waals surface area contributed by atoms with Gasteiger partial charge in [0.05, 0.1) is 19.3 Å². The molecule has 1 amide bonds. The van der Waals surface area contributed by atoms with E-state index < -0.39 is 6.09 Å². The topological polar surface area (TPSA) is 65.0 Å². The molecule has 0 bridgehead atoms. The predicted octanol–water partition coefficient (Wildman–Crippen LogP) is -0.341. The average molecular weight is 243 g/mol. The minimum absolute atomic E-state index is 0.0572. The van der Waals surface area contributed by atoms with Gasteiger partial charge in [-0.2, -0.15) is 0 Å². The summed E-state index contributed by atoms with van der Waals surface area (Å²) in [6.45, 7) is 7.39. The molecular weight excluding hydrogens is 222 g/mol. The fourth-order valence-electron chi connectivity index (χ4n) is 2.48. The summed E-state index contributed by atoms with van der Waals surface area (Å²) in [5, 5.41) is 12.4. The molecule has 2 atom stereocenters. The molecule has 0 aliphatic carbocycles. The number of nitrogens with zero attached hydrogens (tertiary/aromatic N) is 2. The molecule has 0 aromatic rings. The zero-order valence-electron chi connectivity index (χ0n) is 10.3. The molecular formula is C11H21N3O3. The molecule has 2 N–H and O–H groups in total. The number of piperazine rings is 1. The lowest BCUT2D eigenvalue weighted by atomic mass is 10.1. The zero-order chi connectivity index (χ0) is 12.3. The van der Waals surface area contributed by atoms with Crippen molar-refractivity contribution < 1.29 is 14.6 Å². The molecule has 2 heterocycles. The van der Waals surface area contributed by atoms with Crippen LogP contribution in [0, 0.1) is 0 Å². The van der Waals surface area contributed by atoms with Crippen LogP contribution in [0.15, 0.2) is 0 Å². The molecule has 98 valence electrons. The maximum Gasteiger partial charge on any atom is 0.407 e. The third kappa shape index (κ3) is 3.08. The Morgan fingerprint density at radius 3 is 3.06 bits per heavy atom. The highest BCUT2D eigenvalue weighted by molar-refractivity contribution is 5.65. The van der Waals surface area contributed by atoms with Crippen molar-refractivity contribution in [1.29, 1.82) is 0 Å². The molecule has 17 heavy (non-hydrogen) atoms. The van der Waals surface area contributed by atoms with Gasteiger partial charge in [0, 0.05) is 38.8 Å². The fraction of sp³-hybridized carbons (Fsp3) is 0.909. The highest BCUT2D eigenvalue weighted by Gasteiger charge is 2.30. The van der Waals surface area contributed by atoms with E-state index >= 15 is 0 Å². The summed E-state index contributed by atoms with van der Waals surface area (Å²) in [5.74, 6) is 0. The van der Waals surface area contributed by atoms with E-state index in [9.17, 15) is 4.79 Å². The van der Waals surface area contributed by atoms with Gasteiger partial charge < -0.3 is 20.1 Å². The number of hydrogen-bond acceptors (Lipinski definition) is 4. The van der Waals surface area contributed by atoms with Crippen LogP contribution in [0.2, 0.25) is 0 Å². The summed E-state index contributed by atoms with van der Waals surface area (Å²) in [7, 11) is 0. The van der Waals surface area contributed by atoms with Crippen LogP contribution in [0.3, 0.4) is 0 Å². The van der Waals surface area contributed by atoms with Crippen molar-refractivity contribution in [3.63, 3.8) is 0 Å². The minimum Gasteiger partial charge on any atom is -0.465 e. The third-order valence-corrected chi connectivity index (χ3v) is 3.55. The van der Waals surface area contributed by atoms with Gasteiger partial charge in [-0.15, -0.1) is 0 Å². The van der Waals surface area contributed by atoms with Gasteiger partial charge in [0.25, 0.3) is 0 Å². The summed E-state index contributed by atoms with van der Waals surface area (Å²) in [6.07, 6.45) is -0.808. The second kappa shape index (κ2) is 5.66. The van der Waals surface area contributed by atoms with Crippen LogP contribution >= 0.6 is 0 Å². The molecule has 6 heteroatoms. The number of carbonyl (C=O) groups is 1. The molecule has 0 radical (unpaired) electrons. The predicted molar refractivity (Wildman–Crippen MR) is 63.2 cm³/mol. The average Bonchev–Trinajstić information content (AvgIpc) is 2.32. The van der Waals surface area contributed by atoms with Crippen LogP contribution in [-0.4, -0.2) is 79.0 Å². The Kier molecular flexibility index (Phi) is 4.20. The van der Waals surface area contributed by atoms with Crippen molar-refractivity contribution in [2.45, 2.75) is 19.0 Å². The SMILES string of the molecule is C[C@@H]1COCCN1CC1CNCCN1C(=O)O. The van der Waals surface area contributed by atoms with Crippen molar-refractivity contribution in [3.8, 4) is 0 Å².